The molecule has 11 heteroatoms. The largest absolute Gasteiger partial charge is 0.496 e. The van der Waals surface area contributed by atoms with E-state index in [0.29, 0.717) is 32.0 Å². The van der Waals surface area contributed by atoms with Crippen LogP contribution in [0.3, 0.4) is 0 Å². The van der Waals surface area contributed by atoms with Crippen molar-refractivity contribution >= 4 is 50.6 Å². The number of hydrogen-bond donors (Lipinski definition) is 0. The topological polar surface area (TPSA) is 87.7 Å². The molecule has 3 aromatic heterocycles. The predicted octanol–water partition coefficient (Wildman–Crippen LogP) is 5.09. The molecule has 5 aromatic rings. The van der Waals surface area contributed by atoms with E-state index in [-0.39, 0.29) is 5.56 Å². The second-order valence-electron chi connectivity index (χ2n) is 9.15. The summed E-state index contributed by atoms with van der Waals surface area (Å²) in [6, 6.07) is 18.7. The van der Waals surface area contributed by atoms with Gasteiger partial charge < -0.3 is 9.47 Å². The van der Waals surface area contributed by atoms with Crippen LogP contribution in [0, 0.1) is 0 Å². The molecule has 0 bridgehead atoms. The van der Waals surface area contributed by atoms with Gasteiger partial charge >= 0.3 is 5.97 Å². The van der Waals surface area contributed by atoms with Crippen LogP contribution in [0.1, 0.15) is 23.4 Å². The molecule has 0 spiro atoms. The van der Waals surface area contributed by atoms with Crippen molar-refractivity contribution in [3.8, 4) is 22.7 Å². The number of carbonyl (C=O) groups excluding carboxylic acids is 1. The fourth-order valence-electron chi connectivity index (χ4n) is 4.79. The zero-order valence-corrected chi connectivity index (χ0v) is 25.4. The molecular formula is C30H23BrN4O4S2. The molecule has 0 N–H and O–H groups in total. The number of carbonyl (C=O) groups is 1. The molecule has 206 valence electrons. The van der Waals surface area contributed by atoms with Gasteiger partial charge in [0.05, 0.1) is 40.2 Å². The van der Waals surface area contributed by atoms with Crippen molar-refractivity contribution in [2.75, 3.05) is 14.2 Å². The molecule has 0 unspecified atom stereocenters. The van der Waals surface area contributed by atoms with Crippen LogP contribution in [-0.2, 0) is 9.53 Å². The van der Waals surface area contributed by atoms with E-state index >= 15 is 0 Å². The lowest BCUT2D eigenvalue weighted by Crippen LogP contribution is -2.39. The molecule has 1 atom stereocenters. The maximum absolute atomic E-state index is 14.0. The van der Waals surface area contributed by atoms with Gasteiger partial charge in [0, 0.05) is 22.2 Å². The Morgan fingerprint density at radius 2 is 1.90 bits per heavy atom. The van der Waals surface area contributed by atoms with E-state index in [1.807, 2.05) is 78.3 Å². The number of thiazole rings is 1. The summed E-state index contributed by atoms with van der Waals surface area (Å²) in [5, 5.41) is 6.82. The second-order valence-corrected chi connectivity index (χ2v) is 12.0. The Kier molecular flexibility index (Phi) is 7.33. The highest BCUT2D eigenvalue weighted by molar-refractivity contribution is 9.10. The summed E-state index contributed by atoms with van der Waals surface area (Å²) in [5.41, 5.74) is 3.84. The van der Waals surface area contributed by atoms with Gasteiger partial charge in [0.1, 0.15) is 17.5 Å². The van der Waals surface area contributed by atoms with Crippen molar-refractivity contribution in [1.29, 1.82) is 0 Å². The van der Waals surface area contributed by atoms with Crippen molar-refractivity contribution in [2.24, 2.45) is 4.99 Å². The lowest BCUT2D eigenvalue weighted by atomic mass is 10.0. The lowest BCUT2D eigenvalue weighted by molar-refractivity contribution is -0.136. The standard InChI is InChI=1S/C30H23BrN4O4S2/c1-17-25(29(37)39-3)27(23-10-7-13-40-23)35-28(36)24(41-30(35)32-17)15-19-16-34(20-8-5-4-6-9-20)33-26(19)18-11-12-22(38-2)21(31)14-18/h4-16,27H,1-3H3/b24-15+/t27-/m0/s1. The van der Waals surface area contributed by atoms with Crippen LogP contribution >= 0.6 is 38.6 Å². The van der Waals surface area contributed by atoms with Gasteiger partial charge in [-0.3, -0.25) is 9.36 Å². The van der Waals surface area contributed by atoms with Gasteiger partial charge in [-0.2, -0.15) is 5.10 Å². The average Bonchev–Trinajstić information content (AvgIpc) is 3.73. The number of nitrogens with zero attached hydrogens (tertiary/aromatic N) is 4. The summed E-state index contributed by atoms with van der Waals surface area (Å²) in [7, 11) is 2.95. The quantitative estimate of drug-likeness (QED) is 0.240. The van der Waals surface area contributed by atoms with Crippen LogP contribution in [-0.4, -0.2) is 34.5 Å². The first-order chi connectivity index (χ1) is 19.9. The van der Waals surface area contributed by atoms with E-state index in [4.69, 9.17) is 14.6 Å². The maximum atomic E-state index is 14.0. The molecule has 1 aliphatic rings. The number of halogens is 1. The van der Waals surface area contributed by atoms with E-state index in [2.05, 4.69) is 20.9 Å². The van der Waals surface area contributed by atoms with E-state index in [9.17, 15) is 9.59 Å². The van der Waals surface area contributed by atoms with Crippen molar-refractivity contribution in [2.45, 2.75) is 13.0 Å². The van der Waals surface area contributed by atoms with Gasteiger partial charge in [-0.15, -0.1) is 11.3 Å². The summed E-state index contributed by atoms with van der Waals surface area (Å²) < 4.78 is 15.2. The number of aromatic nitrogens is 3. The van der Waals surface area contributed by atoms with Gasteiger partial charge in [-0.25, -0.2) is 14.5 Å². The van der Waals surface area contributed by atoms with Crippen molar-refractivity contribution < 1.29 is 14.3 Å². The summed E-state index contributed by atoms with van der Waals surface area (Å²) in [4.78, 5) is 32.9. The van der Waals surface area contributed by atoms with Crippen LogP contribution < -0.4 is 19.6 Å². The fraction of sp³-hybridized carbons (Fsp3) is 0.133. The third-order valence-electron chi connectivity index (χ3n) is 6.71. The van der Waals surface area contributed by atoms with Gasteiger partial charge in [0.2, 0.25) is 0 Å². The van der Waals surface area contributed by atoms with Gasteiger partial charge in [0.25, 0.3) is 5.56 Å². The van der Waals surface area contributed by atoms with Crippen LogP contribution in [0.4, 0.5) is 0 Å². The highest BCUT2D eigenvalue weighted by atomic mass is 79.9. The highest BCUT2D eigenvalue weighted by Crippen LogP contribution is 2.34. The molecule has 1 aliphatic heterocycles. The number of esters is 1. The molecule has 8 nitrogen and oxygen atoms in total. The van der Waals surface area contributed by atoms with Crippen LogP contribution in [0.25, 0.3) is 23.0 Å². The van der Waals surface area contributed by atoms with Crippen molar-refractivity contribution in [3.63, 3.8) is 0 Å². The smallest absolute Gasteiger partial charge is 0.338 e. The van der Waals surface area contributed by atoms with E-state index in [0.717, 1.165) is 26.2 Å². The zero-order chi connectivity index (χ0) is 28.7. The first kappa shape index (κ1) is 27.1. The predicted molar refractivity (Wildman–Crippen MR) is 163 cm³/mol. The Bertz CT molecular complexity index is 1990. The summed E-state index contributed by atoms with van der Waals surface area (Å²) >= 11 is 6.34. The first-order valence-electron chi connectivity index (χ1n) is 12.5. The Morgan fingerprint density at radius 1 is 1.10 bits per heavy atom. The Balaban J connectivity index is 1.56. The summed E-state index contributed by atoms with van der Waals surface area (Å²) in [5.74, 6) is 0.201. The number of benzene rings is 2. The van der Waals surface area contributed by atoms with Crippen LogP contribution in [0.5, 0.6) is 5.75 Å². The molecule has 41 heavy (non-hydrogen) atoms. The molecule has 0 saturated carbocycles. The van der Waals surface area contributed by atoms with E-state index in [1.165, 1.54) is 29.8 Å². The Hall–Kier alpha value is -4.06. The number of allylic oxidation sites excluding steroid dienone is 1. The molecule has 0 amide bonds. The van der Waals surface area contributed by atoms with Gasteiger partial charge in [0.15, 0.2) is 4.80 Å². The molecular weight excluding hydrogens is 624 g/mol. The van der Waals surface area contributed by atoms with Crippen LogP contribution in [0.2, 0.25) is 0 Å². The monoisotopic (exact) mass is 646 g/mol. The summed E-state index contributed by atoms with van der Waals surface area (Å²) in [6.07, 6.45) is 3.75. The number of para-hydroxylation sites is 1. The number of hydrogen-bond acceptors (Lipinski definition) is 8. The van der Waals surface area contributed by atoms with Crippen molar-refractivity contribution in [1.82, 2.24) is 14.3 Å². The Morgan fingerprint density at radius 3 is 2.59 bits per heavy atom. The van der Waals surface area contributed by atoms with Gasteiger partial charge in [-0.1, -0.05) is 35.6 Å². The number of methoxy groups -OCH3 is 2. The lowest BCUT2D eigenvalue weighted by Gasteiger charge is -2.22. The average molecular weight is 648 g/mol. The minimum atomic E-state index is -0.620. The Labute approximate surface area is 251 Å². The first-order valence-corrected chi connectivity index (χ1v) is 15.0. The normalized spacial score (nSPS) is 15.0. The molecule has 0 radical (unpaired) electrons. The number of fused-ring (bicyclic) bond motifs is 1. The van der Waals surface area contributed by atoms with E-state index in [1.54, 1.807) is 23.3 Å². The third-order valence-corrected chi connectivity index (χ3v) is 9.24. The molecule has 0 aliphatic carbocycles. The fourth-order valence-corrected chi connectivity index (χ4v) is 7.20. The molecule has 4 heterocycles. The molecule has 0 fully saturated rings. The number of rotatable bonds is 6. The number of ether oxygens (including phenoxy) is 2. The maximum Gasteiger partial charge on any atom is 0.338 e. The van der Waals surface area contributed by atoms with E-state index < -0.39 is 12.0 Å². The minimum Gasteiger partial charge on any atom is -0.496 e. The second kappa shape index (κ2) is 11.1. The summed E-state index contributed by atoms with van der Waals surface area (Å²) in [6.45, 7) is 1.77. The number of thiophene rings is 1. The van der Waals surface area contributed by atoms with Crippen LogP contribution in [0.15, 0.2) is 97.8 Å². The minimum absolute atomic E-state index is 0.240. The zero-order valence-electron chi connectivity index (χ0n) is 22.2. The van der Waals surface area contributed by atoms with Crippen molar-refractivity contribution in [3.05, 3.63) is 118 Å². The highest BCUT2D eigenvalue weighted by Gasteiger charge is 2.33. The molecule has 2 aromatic carbocycles. The van der Waals surface area contributed by atoms with Gasteiger partial charge in [-0.05, 0) is 70.7 Å². The third kappa shape index (κ3) is 4.90. The SMILES string of the molecule is COC(=O)C1=C(C)N=c2s/c(=C/c3cn(-c4ccccc4)nc3-c3ccc(OC)c(Br)c3)c(=O)n2[C@H]1c1cccs1. The molecule has 0 saturated heterocycles. The molecule has 6 rings (SSSR count).